The number of hydrogen-bond acceptors (Lipinski definition) is 4. The smallest absolute Gasteiger partial charge is 0.227 e. The highest BCUT2D eigenvalue weighted by Gasteiger charge is 1.90. The fourth-order valence-electron chi connectivity index (χ4n) is 0.246. The summed E-state index contributed by atoms with van der Waals surface area (Å²) in [4.78, 5) is 10.1. The summed E-state index contributed by atoms with van der Waals surface area (Å²) in [6.45, 7) is 0. The third-order valence-electron chi connectivity index (χ3n) is 0.518. The number of oxime groups is 1. The van der Waals surface area contributed by atoms with Gasteiger partial charge >= 0.3 is 0 Å². The van der Waals surface area contributed by atoms with E-state index < -0.39 is 0 Å². The molecule has 52 valence electrons. The highest BCUT2D eigenvalue weighted by atomic mass is 32.2. The molecule has 3 N–H and O–H groups in total. The zero-order valence-electron chi connectivity index (χ0n) is 4.78. The summed E-state index contributed by atoms with van der Waals surface area (Å²) in [6, 6.07) is 0. The van der Waals surface area contributed by atoms with Gasteiger partial charge in [0.1, 0.15) is 0 Å². The van der Waals surface area contributed by atoms with Gasteiger partial charge in [-0.2, -0.15) is 0 Å². The lowest BCUT2D eigenvalue weighted by atomic mass is 10.8. The normalized spacial score (nSPS) is 10.2. The van der Waals surface area contributed by atoms with Gasteiger partial charge in [-0.1, -0.05) is 0 Å². The molecule has 0 radical (unpaired) electrons. The summed E-state index contributed by atoms with van der Waals surface area (Å²) in [5.41, 5.74) is 4.81. The van der Waals surface area contributed by atoms with Crippen LogP contribution < -0.4 is 5.73 Å². The molecule has 0 aromatic carbocycles. The molecule has 4 nitrogen and oxygen atoms in total. The number of amides is 1. The Kier molecular flexibility index (Phi) is 5.00. The average molecular weight is 148 g/mol. The van der Waals surface area contributed by atoms with Crippen molar-refractivity contribution in [2.24, 2.45) is 10.9 Å². The zero-order chi connectivity index (χ0) is 7.11. The van der Waals surface area contributed by atoms with Crippen LogP contribution in [0.2, 0.25) is 0 Å². The minimum atomic E-state index is -0.355. The second kappa shape index (κ2) is 5.43. The molecule has 1 amide bonds. The van der Waals surface area contributed by atoms with E-state index in [0.29, 0.717) is 5.75 Å². The quantitative estimate of drug-likeness (QED) is 0.248. The van der Waals surface area contributed by atoms with Crippen molar-refractivity contribution < 1.29 is 10.0 Å². The zero-order valence-corrected chi connectivity index (χ0v) is 5.60. The van der Waals surface area contributed by atoms with Gasteiger partial charge in [-0.05, 0) is 0 Å². The first kappa shape index (κ1) is 8.29. The Balaban J connectivity index is 3.01. The first-order valence-electron chi connectivity index (χ1n) is 2.29. The number of rotatable bonds is 4. The number of carbonyl (C=O) groups is 1. The first-order valence-corrected chi connectivity index (χ1v) is 3.44. The van der Waals surface area contributed by atoms with E-state index in [9.17, 15) is 4.79 Å². The van der Waals surface area contributed by atoms with Crippen molar-refractivity contribution >= 4 is 23.9 Å². The predicted octanol–water partition coefficient (Wildman–Crippen LogP) is -0.335. The van der Waals surface area contributed by atoms with E-state index in [2.05, 4.69) is 5.16 Å². The van der Waals surface area contributed by atoms with Crippen LogP contribution in [0, 0.1) is 0 Å². The van der Waals surface area contributed by atoms with Crippen LogP contribution in [0.15, 0.2) is 5.16 Å². The monoisotopic (exact) mass is 148 g/mol. The predicted molar refractivity (Wildman–Crippen MR) is 36.8 cm³/mol. The van der Waals surface area contributed by atoms with E-state index in [1.807, 2.05) is 0 Å². The molecule has 0 spiro atoms. The maximum atomic E-state index is 10.1. The van der Waals surface area contributed by atoms with Crippen molar-refractivity contribution in [1.29, 1.82) is 0 Å². The Morgan fingerprint density at radius 3 is 3.00 bits per heavy atom. The summed E-state index contributed by atoms with van der Waals surface area (Å²) in [7, 11) is 0. The van der Waals surface area contributed by atoms with Crippen LogP contribution in [0.3, 0.4) is 0 Å². The molecule has 0 aliphatic carbocycles. The number of primary amides is 1. The third kappa shape index (κ3) is 7.29. The van der Waals surface area contributed by atoms with Crippen molar-refractivity contribution in [1.82, 2.24) is 0 Å². The van der Waals surface area contributed by atoms with Gasteiger partial charge in [-0.3, -0.25) is 4.79 Å². The van der Waals surface area contributed by atoms with Crippen LogP contribution in [0.25, 0.3) is 0 Å². The summed E-state index contributed by atoms with van der Waals surface area (Å²) in [5.74, 6) is 0.428. The molecule has 0 fully saturated rings. The number of thioether (sulfide) groups is 1. The molecule has 0 rings (SSSR count). The van der Waals surface area contributed by atoms with Crippen molar-refractivity contribution in [2.45, 2.75) is 0 Å². The van der Waals surface area contributed by atoms with Gasteiger partial charge in [0.2, 0.25) is 5.91 Å². The Labute approximate surface area is 57.1 Å². The first-order chi connectivity index (χ1) is 4.27. The number of nitrogens with zero attached hydrogens (tertiary/aromatic N) is 1. The maximum absolute atomic E-state index is 10.1. The van der Waals surface area contributed by atoms with Gasteiger partial charge in [-0.15, -0.1) is 16.9 Å². The van der Waals surface area contributed by atoms with Crippen molar-refractivity contribution in [3.63, 3.8) is 0 Å². The van der Waals surface area contributed by atoms with Crippen molar-refractivity contribution in [2.75, 3.05) is 11.5 Å². The third-order valence-corrected chi connectivity index (χ3v) is 1.39. The van der Waals surface area contributed by atoms with Crippen LogP contribution >= 0.6 is 11.8 Å². The molecule has 0 heterocycles. The molecule has 0 atom stereocenters. The second-order valence-corrected chi connectivity index (χ2v) is 2.31. The molecule has 0 unspecified atom stereocenters. The summed E-state index contributed by atoms with van der Waals surface area (Å²) in [6.07, 6.45) is 1.30. The molecular formula is C4H8N2O2S. The average Bonchev–Trinajstić information content (AvgIpc) is 1.80. The molecule has 5 heteroatoms. The van der Waals surface area contributed by atoms with E-state index in [-0.39, 0.29) is 11.7 Å². The van der Waals surface area contributed by atoms with Crippen LogP contribution in [0.5, 0.6) is 0 Å². The summed E-state index contributed by atoms with van der Waals surface area (Å²) in [5, 5.41) is 10.6. The van der Waals surface area contributed by atoms with Crippen molar-refractivity contribution in [3.8, 4) is 0 Å². The molecule has 0 bridgehead atoms. The Hall–Kier alpha value is -0.710. The Morgan fingerprint density at radius 2 is 2.56 bits per heavy atom. The molecule has 0 aliphatic rings. The minimum absolute atomic E-state index is 0.270. The SMILES string of the molecule is NC(=O)CSCC=NO. The van der Waals surface area contributed by atoms with Gasteiger partial charge in [0.25, 0.3) is 0 Å². The van der Waals surface area contributed by atoms with Gasteiger partial charge in [0.15, 0.2) is 0 Å². The maximum Gasteiger partial charge on any atom is 0.227 e. The van der Waals surface area contributed by atoms with Crippen LogP contribution in [0.4, 0.5) is 0 Å². The highest BCUT2D eigenvalue weighted by Crippen LogP contribution is 1.94. The lowest BCUT2D eigenvalue weighted by molar-refractivity contribution is -0.115. The van der Waals surface area contributed by atoms with Gasteiger partial charge < -0.3 is 10.9 Å². The minimum Gasteiger partial charge on any atom is -0.411 e. The fourth-order valence-corrected chi connectivity index (χ4v) is 0.737. The van der Waals surface area contributed by atoms with Crippen LogP contribution in [0.1, 0.15) is 0 Å². The lowest BCUT2D eigenvalue weighted by Crippen LogP contribution is -2.13. The molecular weight excluding hydrogens is 140 g/mol. The fraction of sp³-hybridized carbons (Fsp3) is 0.500. The van der Waals surface area contributed by atoms with Gasteiger partial charge in [0, 0.05) is 5.75 Å². The topological polar surface area (TPSA) is 75.7 Å². The number of nitrogens with two attached hydrogens (primary N) is 1. The van der Waals surface area contributed by atoms with Crippen LogP contribution in [-0.2, 0) is 4.79 Å². The Morgan fingerprint density at radius 1 is 1.89 bits per heavy atom. The van der Waals surface area contributed by atoms with E-state index in [1.54, 1.807) is 0 Å². The molecule has 0 aromatic rings. The Bertz CT molecular complexity index is 115. The van der Waals surface area contributed by atoms with E-state index in [4.69, 9.17) is 10.9 Å². The molecule has 0 saturated carbocycles. The second-order valence-electron chi connectivity index (χ2n) is 1.28. The standard InChI is InChI=1S/C4H8N2O2S/c5-4(7)3-9-2-1-6-8/h1,8H,2-3H2,(H2,5,7). The molecule has 0 saturated heterocycles. The number of hydrogen-bond donors (Lipinski definition) is 2. The van der Waals surface area contributed by atoms with Gasteiger partial charge in [-0.25, -0.2) is 0 Å². The van der Waals surface area contributed by atoms with E-state index in [1.165, 1.54) is 18.0 Å². The molecule has 9 heavy (non-hydrogen) atoms. The molecule has 0 aromatic heterocycles. The van der Waals surface area contributed by atoms with Gasteiger partial charge in [0.05, 0.1) is 12.0 Å². The van der Waals surface area contributed by atoms with Crippen molar-refractivity contribution in [3.05, 3.63) is 0 Å². The summed E-state index contributed by atoms with van der Waals surface area (Å²) >= 11 is 1.30. The number of carbonyl (C=O) groups excluding carboxylic acids is 1. The summed E-state index contributed by atoms with van der Waals surface area (Å²) < 4.78 is 0. The van der Waals surface area contributed by atoms with Crippen LogP contribution in [-0.4, -0.2) is 28.8 Å². The largest absolute Gasteiger partial charge is 0.411 e. The van der Waals surface area contributed by atoms with E-state index >= 15 is 0 Å². The molecule has 0 aliphatic heterocycles. The van der Waals surface area contributed by atoms with E-state index in [0.717, 1.165) is 0 Å². The highest BCUT2D eigenvalue weighted by molar-refractivity contribution is 8.00. The lowest BCUT2D eigenvalue weighted by Gasteiger charge is -1.88.